The van der Waals surface area contributed by atoms with Crippen molar-refractivity contribution in [3.8, 4) is 0 Å². The number of nitro benzene ring substituents is 1. The van der Waals surface area contributed by atoms with Gasteiger partial charge in [0.2, 0.25) is 5.82 Å². The number of nitro groups is 1. The summed E-state index contributed by atoms with van der Waals surface area (Å²) in [7, 11) is 1.22. The highest BCUT2D eigenvalue weighted by Gasteiger charge is 2.27. The SMILES string of the molecule is CN(CCCC(=O)O)C(=O)c1c(F)ccc([N+](=O)[O-])c1F. The molecule has 1 amide bonds. The highest BCUT2D eigenvalue weighted by atomic mass is 19.1. The van der Waals surface area contributed by atoms with Crippen LogP contribution in [0, 0.1) is 21.7 Å². The number of carbonyl (C=O) groups excluding carboxylic acids is 1. The maximum absolute atomic E-state index is 13.8. The summed E-state index contributed by atoms with van der Waals surface area (Å²) in [6, 6.07) is 1.27. The van der Waals surface area contributed by atoms with Crippen molar-refractivity contribution in [2.24, 2.45) is 0 Å². The summed E-state index contributed by atoms with van der Waals surface area (Å²) in [5.41, 5.74) is -2.03. The third-order valence-electron chi connectivity index (χ3n) is 2.71. The molecule has 0 aliphatic rings. The zero-order valence-corrected chi connectivity index (χ0v) is 11.0. The van der Waals surface area contributed by atoms with Gasteiger partial charge < -0.3 is 10.0 Å². The minimum absolute atomic E-state index is 0.0489. The van der Waals surface area contributed by atoms with Crippen molar-refractivity contribution in [1.82, 2.24) is 4.90 Å². The fourth-order valence-corrected chi connectivity index (χ4v) is 1.64. The van der Waals surface area contributed by atoms with E-state index in [9.17, 15) is 28.5 Å². The number of halogens is 2. The van der Waals surface area contributed by atoms with E-state index in [1.165, 1.54) is 7.05 Å². The molecule has 1 N–H and O–H groups in total. The average molecular weight is 302 g/mol. The summed E-state index contributed by atoms with van der Waals surface area (Å²) in [5, 5.41) is 19.0. The van der Waals surface area contributed by atoms with Crippen LogP contribution in [0.5, 0.6) is 0 Å². The highest BCUT2D eigenvalue weighted by Crippen LogP contribution is 2.24. The number of rotatable bonds is 6. The number of amides is 1. The molecule has 1 aromatic rings. The van der Waals surface area contributed by atoms with Crippen LogP contribution in [-0.2, 0) is 4.79 Å². The molecule has 0 radical (unpaired) electrons. The maximum Gasteiger partial charge on any atom is 0.305 e. The van der Waals surface area contributed by atoms with Crippen LogP contribution in [0.3, 0.4) is 0 Å². The first-order valence-corrected chi connectivity index (χ1v) is 5.85. The molecule has 0 saturated heterocycles. The number of carbonyl (C=O) groups is 2. The van der Waals surface area contributed by atoms with Crippen LogP contribution in [0.1, 0.15) is 23.2 Å². The second kappa shape index (κ2) is 6.73. The topological polar surface area (TPSA) is 101 Å². The van der Waals surface area contributed by atoms with Crippen molar-refractivity contribution in [2.75, 3.05) is 13.6 Å². The van der Waals surface area contributed by atoms with Crippen LogP contribution >= 0.6 is 0 Å². The van der Waals surface area contributed by atoms with Crippen molar-refractivity contribution in [3.63, 3.8) is 0 Å². The lowest BCUT2D eigenvalue weighted by Crippen LogP contribution is -2.30. The molecule has 0 aliphatic heterocycles. The van der Waals surface area contributed by atoms with E-state index < -0.39 is 39.7 Å². The standard InChI is InChI=1S/C12H12F2N2O5/c1-15(6-2-3-9(17)18)12(19)10-7(13)4-5-8(11(10)14)16(20)21/h4-5H,2-3,6H2,1H3,(H,17,18). The minimum Gasteiger partial charge on any atom is -0.481 e. The summed E-state index contributed by atoms with van der Waals surface area (Å²) in [6.45, 7) is -0.0489. The summed E-state index contributed by atoms with van der Waals surface area (Å²) in [4.78, 5) is 32.7. The third kappa shape index (κ3) is 3.94. The fourth-order valence-electron chi connectivity index (χ4n) is 1.64. The maximum atomic E-state index is 13.8. The van der Waals surface area contributed by atoms with E-state index >= 15 is 0 Å². The Morgan fingerprint density at radius 3 is 2.52 bits per heavy atom. The average Bonchev–Trinajstić information content (AvgIpc) is 2.37. The molecule has 0 fully saturated rings. The smallest absolute Gasteiger partial charge is 0.305 e. The summed E-state index contributed by atoms with van der Waals surface area (Å²) < 4.78 is 27.4. The molecular weight excluding hydrogens is 290 g/mol. The Hall–Kier alpha value is -2.58. The van der Waals surface area contributed by atoms with E-state index in [-0.39, 0.29) is 19.4 Å². The quantitative estimate of drug-likeness (QED) is 0.638. The number of hydrogen-bond acceptors (Lipinski definition) is 4. The second-order valence-electron chi connectivity index (χ2n) is 4.24. The Balaban J connectivity index is 2.98. The van der Waals surface area contributed by atoms with E-state index in [0.717, 1.165) is 4.90 Å². The zero-order chi connectivity index (χ0) is 16.2. The number of carboxylic acids is 1. The van der Waals surface area contributed by atoms with E-state index in [4.69, 9.17) is 5.11 Å². The number of benzene rings is 1. The van der Waals surface area contributed by atoms with Gasteiger partial charge in [-0.2, -0.15) is 4.39 Å². The normalized spacial score (nSPS) is 10.2. The van der Waals surface area contributed by atoms with Crippen LogP contribution in [0.2, 0.25) is 0 Å². The fraction of sp³-hybridized carbons (Fsp3) is 0.333. The number of hydrogen-bond donors (Lipinski definition) is 1. The molecule has 0 atom stereocenters. The van der Waals surface area contributed by atoms with Crippen LogP contribution in [0.25, 0.3) is 0 Å². The lowest BCUT2D eigenvalue weighted by atomic mass is 10.1. The number of aliphatic carboxylic acids is 1. The molecule has 21 heavy (non-hydrogen) atoms. The van der Waals surface area contributed by atoms with Crippen molar-refractivity contribution < 1.29 is 28.4 Å². The third-order valence-corrected chi connectivity index (χ3v) is 2.71. The summed E-state index contributed by atoms with van der Waals surface area (Å²) >= 11 is 0. The Labute approximate surface area is 117 Å². The van der Waals surface area contributed by atoms with Crippen molar-refractivity contribution in [3.05, 3.63) is 39.4 Å². The predicted molar refractivity (Wildman–Crippen MR) is 66.8 cm³/mol. The molecule has 7 nitrogen and oxygen atoms in total. The van der Waals surface area contributed by atoms with Crippen LogP contribution in [-0.4, -0.2) is 40.4 Å². The van der Waals surface area contributed by atoms with Gasteiger partial charge in [-0.3, -0.25) is 19.7 Å². The molecule has 1 aromatic carbocycles. The Bertz CT molecular complexity index is 591. The molecule has 0 saturated carbocycles. The van der Waals surface area contributed by atoms with Crippen molar-refractivity contribution in [2.45, 2.75) is 12.8 Å². The van der Waals surface area contributed by atoms with Crippen LogP contribution < -0.4 is 0 Å². The van der Waals surface area contributed by atoms with Crippen molar-refractivity contribution in [1.29, 1.82) is 0 Å². The molecular formula is C12H12F2N2O5. The van der Waals surface area contributed by atoms with Gasteiger partial charge in [0.15, 0.2) is 0 Å². The number of carboxylic acid groups (broad SMARTS) is 1. The first kappa shape index (κ1) is 16.5. The van der Waals surface area contributed by atoms with Gasteiger partial charge in [0.25, 0.3) is 5.91 Å². The highest BCUT2D eigenvalue weighted by molar-refractivity contribution is 5.95. The van der Waals surface area contributed by atoms with Crippen LogP contribution in [0.15, 0.2) is 12.1 Å². The monoisotopic (exact) mass is 302 g/mol. The van der Waals surface area contributed by atoms with Crippen molar-refractivity contribution >= 4 is 17.6 Å². The molecule has 0 aliphatic carbocycles. The molecule has 0 unspecified atom stereocenters. The first-order chi connectivity index (χ1) is 9.75. The van der Waals surface area contributed by atoms with E-state index in [0.29, 0.717) is 12.1 Å². The lowest BCUT2D eigenvalue weighted by molar-refractivity contribution is -0.387. The summed E-state index contributed by atoms with van der Waals surface area (Å²) in [6.07, 6.45) is -0.118. The molecule has 9 heteroatoms. The van der Waals surface area contributed by atoms with Gasteiger partial charge >= 0.3 is 11.7 Å². The lowest BCUT2D eigenvalue weighted by Gasteiger charge is -2.17. The van der Waals surface area contributed by atoms with Gasteiger partial charge in [-0.25, -0.2) is 4.39 Å². The van der Waals surface area contributed by atoms with Gasteiger partial charge in [0, 0.05) is 26.1 Å². The Morgan fingerprint density at radius 1 is 1.38 bits per heavy atom. The van der Waals surface area contributed by atoms with Gasteiger partial charge in [0.05, 0.1) is 4.92 Å². The molecule has 0 bridgehead atoms. The molecule has 0 aromatic heterocycles. The van der Waals surface area contributed by atoms with E-state index in [1.807, 2.05) is 0 Å². The summed E-state index contributed by atoms with van der Waals surface area (Å²) in [5.74, 6) is -4.91. The van der Waals surface area contributed by atoms with Gasteiger partial charge in [-0.05, 0) is 12.5 Å². The Morgan fingerprint density at radius 2 is 2.00 bits per heavy atom. The van der Waals surface area contributed by atoms with Crippen LogP contribution in [0.4, 0.5) is 14.5 Å². The molecule has 114 valence electrons. The molecule has 1 rings (SSSR count). The molecule has 0 spiro atoms. The van der Waals surface area contributed by atoms with Gasteiger partial charge in [-0.15, -0.1) is 0 Å². The molecule has 0 heterocycles. The largest absolute Gasteiger partial charge is 0.481 e. The Kier molecular flexibility index (Phi) is 5.28. The van der Waals surface area contributed by atoms with Gasteiger partial charge in [-0.1, -0.05) is 0 Å². The zero-order valence-electron chi connectivity index (χ0n) is 11.0. The number of nitrogens with zero attached hydrogens (tertiary/aromatic N) is 2. The second-order valence-corrected chi connectivity index (χ2v) is 4.24. The van der Waals surface area contributed by atoms with E-state index in [1.54, 1.807) is 0 Å². The van der Waals surface area contributed by atoms with Gasteiger partial charge in [0.1, 0.15) is 11.4 Å². The predicted octanol–water partition coefficient (Wildman–Crippen LogP) is 1.81. The minimum atomic E-state index is -1.55. The first-order valence-electron chi connectivity index (χ1n) is 5.85. The van der Waals surface area contributed by atoms with E-state index in [2.05, 4.69) is 0 Å².